The summed E-state index contributed by atoms with van der Waals surface area (Å²) in [7, 11) is 0. The van der Waals surface area contributed by atoms with Crippen molar-refractivity contribution >= 4 is 21.6 Å². The molecule has 0 bridgehead atoms. The van der Waals surface area contributed by atoms with Crippen molar-refractivity contribution in [3.8, 4) is 11.5 Å². The first kappa shape index (κ1) is 12.6. The van der Waals surface area contributed by atoms with E-state index in [1.54, 1.807) is 13.0 Å². The van der Waals surface area contributed by atoms with E-state index in [9.17, 15) is 10.1 Å². The Bertz CT molecular complexity index is 599. The Kier molecular flexibility index (Phi) is 3.62. The summed E-state index contributed by atoms with van der Waals surface area (Å²) >= 11 is 3.38. The number of non-ortho nitro benzene ring substituents is 1. The SMILES string of the molecule is Cc1cc([N+](=O)[O-])ccc1Oc1ccccc1Br. The van der Waals surface area contributed by atoms with Crippen molar-refractivity contribution in [3.63, 3.8) is 0 Å². The number of halogens is 1. The maximum atomic E-state index is 10.6. The molecule has 0 heterocycles. The maximum absolute atomic E-state index is 10.6. The molecular weight excluding hydrogens is 298 g/mol. The van der Waals surface area contributed by atoms with Gasteiger partial charge in [0.25, 0.3) is 5.69 Å². The van der Waals surface area contributed by atoms with Crippen molar-refractivity contribution < 1.29 is 9.66 Å². The molecule has 0 fully saturated rings. The number of benzene rings is 2. The van der Waals surface area contributed by atoms with Crippen LogP contribution in [0.3, 0.4) is 0 Å². The first-order valence-corrected chi connectivity index (χ1v) is 6.04. The van der Waals surface area contributed by atoms with Crippen LogP contribution in [-0.2, 0) is 0 Å². The van der Waals surface area contributed by atoms with Crippen LogP contribution in [-0.4, -0.2) is 4.92 Å². The number of nitro benzene ring substituents is 1. The second kappa shape index (κ2) is 5.18. The molecule has 2 rings (SSSR count). The highest BCUT2D eigenvalue weighted by atomic mass is 79.9. The van der Waals surface area contributed by atoms with E-state index in [2.05, 4.69) is 15.9 Å². The smallest absolute Gasteiger partial charge is 0.269 e. The zero-order valence-electron chi connectivity index (χ0n) is 9.59. The van der Waals surface area contributed by atoms with E-state index in [0.29, 0.717) is 11.5 Å². The Labute approximate surface area is 112 Å². The molecule has 0 saturated carbocycles. The molecule has 0 spiro atoms. The van der Waals surface area contributed by atoms with Gasteiger partial charge in [-0.3, -0.25) is 10.1 Å². The van der Waals surface area contributed by atoms with Gasteiger partial charge in [0.2, 0.25) is 0 Å². The third-order valence-corrected chi connectivity index (χ3v) is 3.08. The molecule has 0 N–H and O–H groups in total. The molecule has 0 aromatic heterocycles. The molecule has 0 aliphatic carbocycles. The van der Waals surface area contributed by atoms with Gasteiger partial charge in [0.1, 0.15) is 11.5 Å². The highest BCUT2D eigenvalue weighted by molar-refractivity contribution is 9.10. The summed E-state index contributed by atoms with van der Waals surface area (Å²) in [6, 6.07) is 12.0. The predicted molar refractivity (Wildman–Crippen MR) is 72.0 cm³/mol. The summed E-state index contributed by atoms with van der Waals surface area (Å²) in [5.74, 6) is 1.28. The van der Waals surface area contributed by atoms with Crippen molar-refractivity contribution in [3.05, 3.63) is 62.6 Å². The van der Waals surface area contributed by atoms with E-state index < -0.39 is 4.92 Å². The molecule has 0 radical (unpaired) electrons. The summed E-state index contributed by atoms with van der Waals surface area (Å²) in [6.07, 6.45) is 0. The lowest BCUT2D eigenvalue weighted by Gasteiger charge is -2.09. The fourth-order valence-electron chi connectivity index (χ4n) is 1.51. The second-order valence-electron chi connectivity index (χ2n) is 3.74. The van der Waals surface area contributed by atoms with Gasteiger partial charge in [-0.05, 0) is 46.6 Å². The zero-order chi connectivity index (χ0) is 13.1. The Balaban J connectivity index is 2.30. The van der Waals surface area contributed by atoms with Gasteiger partial charge < -0.3 is 4.74 Å². The fourth-order valence-corrected chi connectivity index (χ4v) is 1.87. The predicted octanol–water partition coefficient (Wildman–Crippen LogP) is 4.46. The maximum Gasteiger partial charge on any atom is 0.269 e. The largest absolute Gasteiger partial charge is 0.456 e. The number of nitro groups is 1. The Morgan fingerprint density at radius 1 is 1.17 bits per heavy atom. The lowest BCUT2D eigenvalue weighted by atomic mass is 10.2. The van der Waals surface area contributed by atoms with E-state index in [0.717, 1.165) is 10.0 Å². The van der Waals surface area contributed by atoms with Gasteiger partial charge in [-0.15, -0.1) is 0 Å². The van der Waals surface area contributed by atoms with Gasteiger partial charge in [0, 0.05) is 12.1 Å². The van der Waals surface area contributed by atoms with Gasteiger partial charge in [0.05, 0.1) is 9.40 Å². The first-order valence-electron chi connectivity index (χ1n) is 5.25. The quantitative estimate of drug-likeness (QED) is 0.621. The lowest BCUT2D eigenvalue weighted by molar-refractivity contribution is -0.384. The standard InChI is InChI=1S/C13H10BrNO3/c1-9-8-10(15(16)17)6-7-12(9)18-13-5-3-2-4-11(13)14/h2-8H,1H3. The summed E-state index contributed by atoms with van der Waals surface area (Å²) in [4.78, 5) is 10.2. The lowest BCUT2D eigenvalue weighted by Crippen LogP contribution is -1.92. The molecule has 0 aliphatic heterocycles. The van der Waals surface area contributed by atoms with E-state index >= 15 is 0 Å². The Morgan fingerprint density at radius 2 is 1.89 bits per heavy atom. The minimum absolute atomic E-state index is 0.0620. The summed E-state index contributed by atoms with van der Waals surface area (Å²) < 4.78 is 6.54. The van der Waals surface area contributed by atoms with Crippen LogP contribution in [0.2, 0.25) is 0 Å². The number of nitrogens with zero attached hydrogens (tertiary/aromatic N) is 1. The third-order valence-electron chi connectivity index (χ3n) is 2.43. The van der Waals surface area contributed by atoms with Crippen molar-refractivity contribution in [2.45, 2.75) is 6.92 Å². The van der Waals surface area contributed by atoms with Crippen LogP contribution < -0.4 is 4.74 Å². The molecule has 0 amide bonds. The Hall–Kier alpha value is -1.88. The Morgan fingerprint density at radius 3 is 2.50 bits per heavy atom. The van der Waals surface area contributed by atoms with Crippen molar-refractivity contribution in [2.24, 2.45) is 0 Å². The highest BCUT2D eigenvalue weighted by Gasteiger charge is 2.10. The summed E-state index contributed by atoms with van der Waals surface area (Å²) in [6.45, 7) is 1.78. The summed E-state index contributed by atoms with van der Waals surface area (Å²) in [5.41, 5.74) is 0.784. The molecular formula is C13H10BrNO3. The van der Waals surface area contributed by atoms with E-state index in [1.165, 1.54) is 12.1 Å². The highest BCUT2D eigenvalue weighted by Crippen LogP contribution is 2.32. The fraction of sp³-hybridized carbons (Fsp3) is 0.0769. The average Bonchev–Trinajstić information content (AvgIpc) is 2.34. The number of hydrogen-bond donors (Lipinski definition) is 0. The van der Waals surface area contributed by atoms with Crippen molar-refractivity contribution in [2.75, 3.05) is 0 Å². The molecule has 0 aliphatic rings. The van der Waals surface area contributed by atoms with Crippen LogP contribution >= 0.6 is 15.9 Å². The molecule has 2 aromatic rings. The van der Waals surface area contributed by atoms with Crippen LogP contribution in [0, 0.1) is 17.0 Å². The number of aryl methyl sites for hydroxylation is 1. The molecule has 0 saturated heterocycles. The van der Waals surface area contributed by atoms with Gasteiger partial charge in [-0.1, -0.05) is 12.1 Å². The third kappa shape index (κ3) is 2.68. The number of para-hydroxylation sites is 1. The normalized spacial score (nSPS) is 10.1. The number of ether oxygens (including phenoxy) is 1. The zero-order valence-corrected chi connectivity index (χ0v) is 11.2. The van der Waals surface area contributed by atoms with Crippen LogP contribution in [0.5, 0.6) is 11.5 Å². The molecule has 5 heteroatoms. The van der Waals surface area contributed by atoms with E-state index in [-0.39, 0.29) is 5.69 Å². The topological polar surface area (TPSA) is 52.4 Å². The monoisotopic (exact) mass is 307 g/mol. The molecule has 0 unspecified atom stereocenters. The first-order chi connectivity index (χ1) is 8.58. The molecule has 0 atom stereocenters. The van der Waals surface area contributed by atoms with Crippen LogP contribution in [0.4, 0.5) is 5.69 Å². The van der Waals surface area contributed by atoms with Crippen LogP contribution in [0.15, 0.2) is 46.9 Å². The number of rotatable bonds is 3. The summed E-state index contributed by atoms with van der Waals surface area (Å²) in [5, 5.41) is 10.6. The molecule has 4 nitrogen and oxygen atoms in total. The van der Waals surface area contributed by atoms with Crippen LogP contribution in [0.1, 0.15) is 5.56 Å². The van der Waals surface area contributed by atoms with E-state index in [4.69, 9.17) is 4.74 Å². The molecule has 92 valence electrons. The minimum Gasteiger partial charge on any atom is -0.456 e. The minimum atomic E-state index is -0.421. The molecule has 18 heavy (non-hydrogen) atoms. The van der Waals surface area contributed by atoms with Gasteiger partial charge in [0.15, 0.2) is 0 Å². The molecule has 2 aromatic carbocycles. The van der Waals surface area contributed by atoms with Gasteiger partial charge in [-0.2, -0.15) is 0 Å². The van der Waals surface area contributed by atoms with E-state index in [1.807, 2.05) is 24.3 Å². The second-order valence-corrected chi connectivity index (χ2v) is 4.59. The van der Waals surface area contributed by atoms with Crippen molar-refractivity contribution in [1.82, 2.24) is 0 Å². The number of hydrogen-bond acceptors (Lipinski definition) is 3. The van der Waals surface area contributed by atoms with Crippen molar-refractivity contribution in [1.29, 1.82) is 0 Å². The van der Waals surface area contributed by atoms with Gasteiger partial charge >= 0.3 is 0 Å². The van der Waals surface area contributed by atoms with Gasteiger partial charge in [-0.25, -0.2) is 0 Å². The van der Waals surface area contributed by atoms with Crippen LogP contribution in [0.25, 0.3) is 0 Å². The average molecular weight is 308 g/mol.